The Kier molecular flexibility index (Phi) is 7.76. The van der Waals surface area contributed by atoms with Crippen LogP contribution >= 0.6 is 0 Å². The summed E-state index contributed by atoms with van der Waals surface area (Å²) >= 11 is 0. The first-order valence-electron chi connectivity index (χ1n) is 10.4. The fourth-order valence-electron chi connectivity index (χ4n) is 3.93. The summed E-state index contributed by atoms with van der Waals surface area (Å²) in [7, 11) is 0. The van der Waals surface area contributed by atoms with Crippen LogP contribution in [0.4, 0.5) is 13.2 Å². The average Bonchev–Trinajstić information content (AvgIpc) is 3.34. The van der Waals surface area contributed by atoms with E-state index in [1.54, 1.807) is 12.1 Å². The van der Waals surface area contributed by atoms with E-state index in [2.05, 4.69) is 4.90 Å². The van der Waals surface area contributed by atoms with E-state index in [-0.39, 0.29) is 19.0 Å². The lowest BCUT2D eigenvalue weighted by Crippen LogP contribution is -2.45. The Labute approximate surface area is 174 Å². The summed E-state index contributed by atoms with van der Waals surface area (Å²) in [5.74, 6) is -0.132. The zero-order valence-electron chi connectivity index (χ0n) is 17.1. The summed E-state index contributed by atoms with van der Waals surface area (Å²) in [5.41, 5.74) is 0. The molecular weight excluding hydrogens is 401 g/mol. The molecular formula is C20H29F3N4O3. The largest absolute Gasteiger partial charge is 0.467 e. The van der Waals surface area contributed by atoms with Gasteiger partial charge in [0.2, 0.25) is 11.8 Å². The van der Waals surface area contributed by atoms with Crippen LogP contribution in [0.5, 0.6) is 0 Å². The van der Waals surface area contributed by atoms with Crippen molar-refractivity contribution < 1.29 is 27.2 Å². The van der Waals surface area contributed by atoms with E-state index in [1.165, 1.54) is 6.26 Å². The van der Waals surface area contributed by atoms with Crippen LogP contribution < -0.4 is 0 Å². The summed E-state index contributed by atoms with van der Waals surface area (Å²) in [6.45, 7) is 2.90. The third kappa shape index (κ3) is 7.02. The van der Waals surface area contributed by atoms with Crippen LogP contribution in [0.15, 0.2) is 22.8 Å². The van der Waals surface area contributed by atoms with Crippen molar-refractivity contribution in [1.29, 1.82) is 0 Å². The number of likely N-dealkylation sites (tertiary alicyclic amines) is 1. The maximum absolute atomic E-state index is 13.0. The van der Waals surface area contributed by atoms with E-state index in [9.17, 15) is 22.8 Å². The van der Waals surface area contributed by atoms with Gasteiger partial charge in [-0.25, -0.2) is 0 Å². The Bertz CT molecular complexity index is 690. The summed E-state index contributed by atoms with van der Waals surface area (Å²) in [5, 5.41) is 0. The molecule has 2 amide bonds. The number of furan rings is 1. The molecule has 168 valence electrons. The lowest BCUT2D eigenvalue weighted by atomic mass is 10.3. The first kappa shape index (κ1) is 22.6. The van der Waals surface area contributed by atoms with Crippen LogP contribution in [0.25, 0.3) is 0 Å². The van der Waals surface area contributed by atoms with Crippen molar-refractivity contribution in [1.82, 2.24) is 19.6 Å². The molecule has 0 saturated carbocycles. The zero-order valence-corrected chi connectivity index (χ0v) is 17.1. The van der Waals surface area contributed by atoms with Crippen LogP contribution in [0.1, 0.15) is 25.0 Å². The topological polar surface area (TPSA) is 60.2 Å². The lowest BCUT2D eigenvalue weighted by molar-refractivity contribution is -0.163. The number of carbonyl (C=O) groups excluding carboxylic acids is 2. The lowest BCUT2D eigenvalue weighted by Gasteiger charge is -2.27. The van der Waals surface area contributed by atoms with Crippen molar-refractivity contribution in [3.63, 3.8) is 0 Å². The van der Waals surface area contributed by atoms with Crippen molar-refractivity contribution in [2.24, 2.45) is 0 Å². The molecule has 0 radical (unpaired) electrons. The molecule has 3 rings (SSSR count). The van der Waals surface area contributed by atoms with Gasteiger partial charge in [-0.15, -0.1) is 0 Å². The molecule has 2 aliphatic rings. The molecule has 0 unspecified atom stereocenters. The van der Waals surface area contributed by atoms with Crippen LogP contribution in [0.3, 0.4) is 0 Å². The predicted octanol–water partition coefficient (Wildman–Crippen LogP) is 1.80. The second-order valence-electron chi connectivity index (χ2n) is 7.94. The Morgan fingerprint density at radius 3 is 2.23 bits per heavy atom. The SMILES string of the molecule is O=C(CN1CCCN(CC(=O)N(Cc2ccco2)CC(F)(F)F)CC1)N1CCCC1. The maximum atomic E-state index is 13.0. The smallest absolute Gasteiger partial charge is 0.406 e. The normalized spacial score (nSPS) is 19.1. The molecule has 0 aromatic carbocycles. The van der Waals surface area contributed by atoms with Crippen LogP contribution in [-0.2, 0) is 16.1 Å². The summed E-state index contributed by atoms with van der Waals surface area (Å²) in [6.07, 6.45) is -0.244. The average molecular weight is 430 g/mol. The summed E-state index contributed by atoms with van der Waals surface area (Å²) in [4.78, 5) is 31.6. The van der Waals surface area contributed by atoms with Crippen LogP contribution in [0.2, 0.25) is 0 Å². The van der Waals surface area contributed by atoms with Gasteiger partial charge in [0.05, 0.1) is 25.9 Å². The highest BCUT2D eigenvalue weighted by atomic mass is 19.4. The molecule has 7 nitrogen and oxygen atoms in total. The number of amides is 2. The van der Waals surface area contributed by atoms with Crippen LogP contribution in [-0.4, -0.2) is 96.5 Å². The number of carbonyl (C=O) groups is 2. The molecule has 0 aliphatic carbocycles. The molecule has 2 fully saturated rings. The van der Waals surface area contributed by atoms with Gasteiger partial charge in [-0.2, -0.15) is 13.2 Å². The minimum Gasteiger partial charge on any atom is -0.467 e. The van der Waals surface area contributed by atoms with E-state index < -0.39 is 18.6 Å². The van der Waals surface area contributed by atoms with Crippen molar-refractivity contribution in [3.8, 4) is 0 Å². The molecule has 30 heavy (non-hydrogen) atoms. The standard InChI is InChI=1S/C20H29F3N4O3/c21-20(22,23)16-27(13-17-5-3-12-30-17)19(29)15-25-7-4-6-24(10-11-25)14-18(28)26-8-1-2-9-26/h3,5,12H,1-2,4,6-11,13-16H2. The zero-order chi connectivity index (χ0) is 21.6. The van der Waals surface area contributed by atoms with Gasteiger partial charge in [0.15, 0.2) is 0 Å². The van der Waals surface area contributed by atoms with Gasteiger partial charge in [0.1, 0.15) is 12.3 Å². The second-order valence-corrected chi connectivity index (χ2v) is 7.94. The Hall–Kier alpha value is -2.07. The quantitative estimate of drug-likeness (QED) is 0.660. The second kappa shape index (κ2) is 10.3. The highest BCUT2D eigenvalue weighted by Gasteiger charge is 2.34. The molecule has 0 bridgehead atoms. The first-order chi connectivity index (χ1) is 14.3. The van der Waals surface area contributed by atoms with E-state index in [4.69, 9.17) is 4.42 Å². The highest BCUT2D eigenvalue weighted by Crippen LogP contribution is 2.19. The van der Waals surface area contributed by atoms with Gasteiger partial charge < -0.3 is 14.2 Å². The van der Waals surface area contributed by atoms with Gasteiger partial charge >= 0.3 is 6.18 Å². The molecule has 2 saturated heterocycles. The van der Waals surface area contributed by atoms with E-state index >= 15 is 0 Å². The maximum Gasteiger partial charge on any atom is 0.406 e. The molecule has 2 aliphatic heterocycles. The molecule has 10 heteroatoms. The number of rotatable bonds is 7. The number of nitrogens with zero attached hydrogens (tertiary/aromatic N) is 4. The molecule has 1 aromatic rings. The first-order valence-corrected chi connectivity index (χ1v) is 10.4. The molecule has 0 atom stereocenters. The minimum absolute atomic E-state index is 0.0787. The number of hydrogen-bond acceptors (Lipinski definition) is 5. The Morgan fingerprint density at radius 2 is 1.63 bits per heavy atom. The third-order valence-corrected chi connectivity index (χ3v) is 5.51. The van der Waals surface area contributed by atoms with Gasteiger partial charge in [0, 0.05) is 26.2 Å². The molecule has 0 spiro atoms. The van der Waals surface area contributed by atoms with Gasteiger partial charge in [-0.1, -0.05) is 0 Å². The predicted molar refractivity (Wildman–Crippen MR) is 103 cm³/mol. The number of hydrogen-bond donors (Lipinski definition) is 0. The fraction of sp³-hybridized carbons (Fsp3) is 0.700. The van der Waals surface area contributed by atoms with E-state index in [0.29, 0.717) is 31.9 Å². The van der Waals surface area contributed by atoms with Crippen LogP contribution in [0, 0.1) is 0 Å². The fourth-order valence-corrected chi connectivity index (χ4v) is 3.93. The number of alkyl halides is 3. The monoisotopic (exact) mass is 430 g/mol. The van der Waals surface area contributed by atoms with Crippen molar-refractivity contribution in [2.75, 3.05) is 58.9 Å². The Morgan fingerprint density at radius 1 is 0.967 bits per heavy atom. The summed E-state index contributed by atoms with van der Waals surface area (Å²) < 4.78 is 44.0. The molecule has 0 N–H and O–H groups in total. The minimum atomic E-state index is -4.48. The van der Waals surface area contributed by atoms with Crippen molar-refractivity contribution in [2.45, 2.75) is 32.0 Å². The van der Waals surface area contributed by atoms with Crippen molar-refractivity contribution in [3.05, 3.63) is 24.2 Å². The van der Waals surface area contributed by atoms with E-state index in [1.807, 2.05) is 9.80 Å². The molecule has 3 heterocycles. The van der Waals surface area contributed by atoms with Gasteiger partial charge in [-0.05, 0) is 44.5 Å². The van der Waals surface area contributed by atoms with Crippen molar-refractivity contribution >= 4 is 11.8 Å². The number of halogens is 3. The van der Waals surface area contributed by atoms with E-state index in [0.717, 1.165) is 43.8 Å². The molecule has 1 aromatic heterocycles. The Balaban J connectivity index is 1.51. The van der Waals surface area contributed by atoms with Gasteiger partial charge in [0.25, 0.3) is 0 Å². The highest BCUT2D eigenvalue weighted by molar-refractivity contribution is 5.79. The summed E-state index contributed by atoms with van der Waals surface area (Å²) in [6, 6.07) is 3.14. The van der Waals surface area contributed by atoms with Gasteiger partial charge in [-0.3, -0.25) is 19.4 Å². The third-order valence-electron chi connectivity index (χ3n) is 5.51.